The molecule has 0 aromatic rings. The number of nitrogens with zero attached hydrogens (tertiary/aromatic N) is 1. The van der Waals surface area contributed by atoms with E-state index in [1.807, 2.05) is 6.92 Å². The van der Waals surface area contributed by atoms with Crippen LogP contribution in [0.25, 0.3) is 0 Å². The first kappa shape index (κ1) is 40.4. The summed E-state index contributed by atoms with van der Waals surface area (Å²) >= 11 is 0. The maximum atomic E-state index is 12.8. The number of aliphatic hydroxyl groups excluding tert-OH is 1. The second-order valence-electron chi connectivity index (χ2n) is 10.7. The summed E-state index contributed by atoms with van der Waals surface area (Å²) < 4.78 is 6.15. The van der Waals surface area contributed by atoms with Gasteiger partial charge in [0.1, 0.15) is 6.61 Å². The highest BCUT2D eigenvalue weighted by molar-refractivity contribution is 7.22. The summed E-state index contributed by atoms with van der Waals surface area (Å²) in [7, 11) is 2.83. The van der Waals surface area contributed by atoms with E-state index in [9.17, 15) is 14.7 Å². The maximum Gasteiger partial charge on any atom is 0.331 e. The molecule has 2 rings (SSSR count). The van der Waals surface area contributed by atoms with Gasteiger partial charge < -0.3 is 25.2 Å². The van der Waals surface area contributed by atoms with Crippen LogP contribution in [0.1, 0.15) is 80.6 Å². The Morgan fingerprint density at radius 2 is 1.91 bits per heavy atom. The van der Waals surface area contributed by atoms with Crippen LogP contribution in [0.15, 0.2) is 82.9 Å². The molecule has 0 bridgehead atoms. The number of ether oxygens (including phenoxy) is 1. The van der Waals surface area contributed by atoms with E-state index in [2.05, 4.69) is 79.7 Å². The lowest BCUT2D eigenvalue weighted by molar-refractivity contribution is -0.161. The molecule has 2 unspecified atom stereocenters. The number of aliphatic hydroxyl groups is 1. The van der Waals surface area contributed by atoms with Crippen molar-refractivity contribution in [3.63, 3.8) is 0 Å². The van der Waals surface area contributed by atoms with Gasteiger partial charge in [0, 0.05) is 24.4 Å². The van der Waals surface area contributed by atoms with Crippen molar-refractivity contribution >= 4 is 21.1 Å². The molecule has 2 atom stereocenters. The molecule has 7 nitrogen and oxygen atoms in total. The standard InChI is InChI=1S/C31H47N2O4P.C2H6O.C2H4/c1-7-11-25(29(22(4)5)24-12-10-13-27(38)18-24)19-32-17-16-31(9-3)21-33(28(34)20-37-31)26(8-2)15-14-23(6)30(35)36;1-2-3;1-2/h7,11,13-15,18,22,32H,8-10,12,16-17,19-21,38H2,1-6H3,(H,35,36);3H,2H2,1H3;1-2H2/b11-7-,23-14+,26-15+,29-25-;;. The summed E-state index contributed by atoms with van der Waals surface area (Å²) in [5, 5.41) is 21.7. The molecule has 0 aromatic heterocycles. The predicted octanol–water partition coefficient (Wildman–Crippen LogP) is 7.11. The van der Waals surface area contributed by atoms with Crippen molar-refractivity contribution in [2.75, 3.05) is 32.8 Å². The van der Waals surface area contributed by atoms with Gasteiger partial charge in [0.25, 0.3) is 5.91 Å². The summed E-state index contributed by atoms with van der Waals surface area (Å²) in [6.45, 7) is 22.2. The smallest absolute Gasteiger partial charge is 0.331 e. The van der Waals surface area contributed by atoms with Crippen LogP contribution in [-0.2, 0) is 14.3 Å². The molecule has 0 aromatic carbocycles. The lowest BCUT2D eigenvalue weighted by Crippen LogP contribution is -2.54. The number of carboxylic acids is 1. The number of rotatable bonds is 13. The van der Waals surface area contributed by atoms with Crippen molar-refractivity contribution in [2.24, 2.45) is 5.92 Å². The normalized spacial score (nSPS) is 20.0. The molecular formula is C35H57N2O5P. The molecule has 1 heterocycles. The minimum atomic E-state index is -0.962. The predicted molar refractivity (Wildman–Crippen MR) is 184 cm³/mol. The van der Waals surface area contributed by atoms with Crippen LogP contribution in [0.4, 0.5) is 0 Å². The third kappa shape index (κ3) is 13.7. The fourth-order valence-electron chi connectivity index (χ4n) is 5.08. The Labute approximate surface area is 263 Å². The SMILES string of the molecule is C/C=C\C(CNCCC1(CC)CN(/C(=C/C=C(\C)C(=O)O)CC)C(=O)CO1)=C(\C1=CC(P)=CCC1)C(C)C.C=C.CCO. The van der Waals surface area contributed by atoms with E-state index in [4.69, 9.17) is 9.84 Å². The van der Waals surface area contributed by atoms with E-state index < -0.39 is 11.6 Å². The van der Waals surface area contributed by atoms with Crippen LogP contribution < -0.4 is 5.32 Å². The van der Waals surface area contributed by atoms with E-state index in [1.54, 1.807) is 30.9 Å². The largest absolute Gasteiger partial charge is 0.478 e. The summed E-state index contributed by atoms with van der Waals surface area (Å²) in [6.07, 6.45) is 16.5. The zero-order valence-electron chi connectivity index (χ0n) is 27.7. The van der Waals surface area contributed by atoms with Crippen LogP contribution in [0.5, 0.6) is 0 Å². The number of carboxylic acid groups (broad SMARTS) is 1. The van der Waals surface area contributed by atoms with Crippen molar-refractivity contribution in [1.82, 2.24) is 10.2 Å². The first-order chi connectivity index (χ1) is 20.5. The van der Waals surface area contributed by atoms with Crippen LogP contribution in [0, 0.1) is 5.92 Å². The van der Waals surface area contributed by atoms with E-state index >= 15 is 0 Å². The molecule has 3 N–H and O–H groups in total. The Balaban J connectivity index is 0.00000331. The highest BCUT2D eigenvalue weighted by atomic mass is 31.0. The van der Waals surface area contributed by atoms with Gasteiger partial charge >= 0.3 is 5.97 Å². The van der Waals surface area contributed by atoms with Crippen molar-refractivity contribution in [2.45, 2.75) is 86.2 Å². The minimum Gasteiger partial charge on any atom is -0.478 e. The molecule has 242 valence electrons. The third-order valence-corrected chi connectivity index (χ3v) is 7.71. The van der Waals surface area contributed by atoms with Crippen molar-refractivity contribution < 1.29 is 24.5 Å². The van der Waals surface area contributed by atoms with Gasteiger partial charge in [-0.05, 0) is 93.4 Å². The topological polar surface area (TPSA) is 99.1 Å². The summed E-state index contributed by atoms with van der Waals surface area (Å²) in [6, 6.07) is 0. The number of nitrogens with one attached hydrogen (secondary N) is 1. The molecule has 0 radical (unpaired) electrons. The minimum absolute atomic E-state index is 0.0348. The quantitative estimate of drug-likeness (QED) is 0.0671. The molecule has 1 saturated heterocycles. The lowest BCUT2D eigenvalue weighted by Gasteiger charge is -2.43. The average molecular weight is 617 g/mol. The molecule has 43 heavy (non-hydrogen) atoms. The highest BCUT2D eigenvalue weighted by Crippen LogP contribution is 2.33. The maximum absolute atomic E-state index is 12.8. The Morgan fingerprint density at radius 3 is 2.42 bits per heavy atom. The molecule has 0 saturated carbocycles. The number of carbonyl (C=O) groups is 2. The van der Waals surface area contributed by atoms with Gasteiger partial charge in [-0.1, -0.05) is 58.1 Å². The monoisotopic (exact) mass is 616 g/mol. The number of amides is 1. The van der Waals surface area contributed by atoms with E-state index in [0.717, 1.165) is 44.5 Å². The fraction of sp³-hybridized carbons (Fsp3) is 0.543. The van der Waals surface area contributed by atoms with Gasteiger partial charge in [0.2, 0.25) is 0 Å². The van der Waals surface area contributed by atoms with Gasteiger partial charge in [-0.3, -0.25) is 4.79 Å². The van der Waals surface area contributed by atoms with Crippen LogP contribution in [0.2, 0.25) is 0 Å². The number of morpholine rings is 1. The number of aliphatic carboxylic acids is 1. The Morgan fingerprint density at radius 1 is 1.26 bits per heavy atom. The number of carbonyl (C=O) groups excluding carboxylic acids is 1. The molecule has 1 aliphatic carbocycles. The van der Waals surface area contributed by atoms with E-state index in [-0.39, 0.29) is 24.7 Å². The molecule has 1 aliphatic heterocycles. The highest BCUT2D eigenvalue weighted by Gasteiger charge is 2.39. The Kier molecular flexibility index (Phi) is 20.7. The summed E-state index contributed by atoms with van der Waals surface area (Å²) in [5.41, 5.74) is 4.76. The molecule has 2 aliphatic rings. The number of hydrogen-bond acceptors (Lipinski definition) is 5. The summed E-state index contributed by atoms with van der Waals surface area (Å²) in [5.74, 6) is -0.623. The fourth-order valence-corrected chi connectivity index (χ4v) is 5.45. The van der Waals surface area contributed by atoms with Crippen LogP contribution in [0.3, 0.4) is 0 Å². The number of hydrogen-bond donors (Lipinski definition) is 3. The molecule has 1 amide bonds. The molecular weight excluding hydrogens is 559 g/mol. The second kappa shape index (κ2) is 22.0. The number of allylic oxidation sites excluding steroid dienone is 9. The average Bonchev–Trinajstić information content (AvgIpc) is 2.98. The Hall–Kier alpha value is -2.57. The van der Waals surface area contributed by atoms with Crippen molar-refractivity contribution in [1.29, 1.82) is 0 Å². The van der Waals surface area contributed by atoms with Gasteiger partial charge in [-0.15, -0.1) is 22.4 Å². The lowest BCUT2D eigenvalue weighted by atomic mass is 9.85. The van der Waals surface area contributed by atoms with Crippen LogP contribution >= 0.6 is 9.24 Å². The van der Waals surface area contributed by atoms with Gasteiger partial charge in [0.05, 0.1) is 12.1 Å². The summed E-state index contributed by atoms with van der Waals surface area (Å²) in [4.78, 5) is 25.7. The zero-order chi connectivity index (χ0) is 33.0. The molecule has 1 fully saturated rings. The van der Waals surface area contributed by atoms with Gasteiger partial charge in [0.15, 0.2) is 0 Å². The van der Waals surface area contributed by atoms with E-state index in [1.165, 1.54) is 22.0 Å². The second-order valence-corrected chi connectivity index (χ2v) is 11.4. The molecule has 8 heteroatoms. The first-order valence-electron chi connectivity index (χ1n) is 15.4. The third-order valence-electron chi connectivity index (χ3n) is 7.31. The van der Waals surface area contributed by atoms with Crippen molar-refractivity contribution in [3.05, 3.63) is 82.9 Å². The van der Waals surface area contributed by atoms with Gasteiger partial charge in [-0.25, -0.2) is 4.79 Å². The van der Waals surface area contributed by atoms with Crippen molar-refractivity contribution in [3.8, 4) is 0 Å². The van der Waals surface area contributed by atoms with E-state index in [0.29, 0.717) is 18.9 Å². The van der Waals surface area contributed by atoms with Gasteiger partial charge in [-0.2, -0.15) is 0 Å². The van der Waals surface area contributed by atoms with Crippen LogP contribution in [-0.4, -0.2) is 65.4 Å². The molecule has 0 spiro atoms. The first-order valence-corrected chi connectivity index (χ1v) is 16.0. The Bertz CT molecular complexity index is 1080. The zero-order valence-corrected chi connectivity index (χ0v) is 28.8.